The van der Waals surface area contributed by atoms with Gasteiger partial charge in [0.15, 0.2) is 0 Å². The summed E-state index contributed by atoms with van der Waals surface area (Å²) in [4.78, 5) is 3.08. The number of hydrogen-bond acceptors (Lipinski definition) is 0. The molecular formula is C16H17F2N. The Hall–Kier alpha value is -1.64. The molecule has 2 aromatic rings. The van der Waals surface area contributed by atoms with Gasteiger partial charge in [0.05, 0.1) is 5.52 Å². The van der Waals surface area contributed by atoms with Crippen LogP contribution in [0.25, 0.3) is 16.5 Å². The second-order valence-corrected chi connectivity index (χ2v) is 5.78. The smallest absolute Gasteiger partial charge is 0.150 e. The molecule has 3 rings (SSSR count). The van der Waals surface area contributed by atoms with Crippen LogP contribution in [0, 0.1) is 17.6 Å². The molecule has 0 bridgehead atoms. The van der Waals surface area contributed by atoms with Gasteiger partial charge >= 0.3 is 0 Å². The van der Waals surface area contributed by atoms with Gasteiger partial charge in [-0.3, -0.25) is 0 Å². The van der Waals surface area contributed by atoms with E-state index >= 15 is 0 Å². The molecule has 1 aromatic carbocycles. The molecule has 1 aliphatic rings. The van der Waals surface area contributed by atoms with E-state index in [2.05, 4.69) is 18.5 Å². The van der Waals surface area contributed by atoms with Crippen molar-refractivity contribution in [1.29, 1.82) is 0 Å². The van der Waals surface area contributed by atoms with Crippen molar-refractivity contribution in [1.82, 2.24) is 4.98 Å². The Kier molecular flexibility index (Phi) is 2.73. The fourth-order valence-corrected chi connectivity index (χ4v) is 3.14. The van der Waals surface area contributed by atoms with Crippen molar-refractivity contribution < 1.29 is 8.78 Å². The molecule has 1 aromatic heterocycles. The molecule has 1 fully saturated rings. The lowest BCUT2D eigenvalue weighted by atomic mass is 9.71. The molecule has 0 spiro atoms. The summed E-state index contributed by atoms with van der Waals surface area (Å²) in [6.45, 7) is 8.04. The Morgan fingerprint density at radius 3 is 2.58 bits per heavy atom. The van der Waals surface area contributed by atoms with Crippen LogP contribution in [-0.2, 0) is 0 Å². The predicted molar refractivity (Wildman–Crippen MR) is 74.1 cm³/mol. The lowest BCUT2D eigenvalue weighted by Gasteiger charge is -2.33. The first-order chi connectivity index (χ1) is 8.97. The third-order valence-electron chi connectivity index (χ3n) is 4.07. The minimum absolute atomic E-state index is 0.386. The van der Waals surface area contributed by atoms with Crippen molar-refractivity contribution >= 4 is 16.5 Å². The van der Waals surface area contributed by atoms with Crippen molar-refractivity contribution in [2.75, 3.05) is 0 Å². The topological polar surface area (TPSA) is 15.8 Å². The lowest BCUT2D eigenvalue weighted by molar-refractivity contribution is 0.290. The highest BCUT2D eigenvalue weighted by atomic mass is 19.1. The zero-order valence-electron chi connectivity index (χ0n) is 11.2. The number of aromatic nitrogens is 1. The Bertz CT molecular complexity index is 663. The van der Waals surface area contributed by atoms with Gasteiger partial charge in [-0.05, 0) is 48.8 Å². The van der Waals surface area contributed by atoms with E-state index < -0.39 is 11.6 Å². The van der Waals surface area contributed by atoms with Crippen LogP contribution in [0.3, 0.4) is 0 Å². The minimum Gasteiger partial charge on any atom is -0.352 e. The van der Waals surface area contributed by atoms with Crippen molar-refractivity contribution in [3.63, 3.8) is 0 Å². The summed E-state index contributed by atoms with van der Waals surface area (Å²) >= 11 is 0. The molecule has 1 nitrogen and oxygen atoms in total. The molecule has 1 N–H and O–H groups in total. The van der Waals surface area contributed by atoms with Crippen LogP contribution in [0.1, 0.15) is 43.9 Å². The molecular weight excluding hydrogens is 244 g/mol. The summed E-state index contributed by atoms with van der Waals surface area (Å²) < 4.78 is 27.3. The number of H-pyrrole nitrogens is 1. The fraction of sp³-hybridized carbons (Fsp3) is 0.375. The van der Waals surface area contributed by atoms with Crippen molar-refractivity contribution in [3.05, 3.63) is 41.6 Å². The van der Waals surface area contributed by atoms with Crippen LogP contribution in [0.5, 0.6) is 0 Å². The van der Waals surface area contributed by atoms with Gasteiger partial charge in [-0.2, -0.15) is 0 Å². The van der Waals surface area contributed by atoms with E-state index in [-0.39, 0.29) is 0 Å². The number of nitrogens with one attached hydrogen (secondary N) is 1. The van der Waals surface area contributed by atoms with Gasteiger partial charge in [-0.1, -0.05) is 13.5 Å². The van der Waals surface area contributed by atoms with Crippen LogP contribution >= 0.6 is 0 Å². The number of aromatic amines is 1. The second-order valence-electron chi connectivity index (χ2n) is 5.78. The average Bonchev–Trinajstić information content (AvgIpc) is 2.64. The molecule has 1 heterocycles. The highest BCUT2D eigenvalue weighted by molar-refractivity contribution is 5.90. The summed E-state index contributed by atoms with van der Waals surface area (Å²) in [7, 11) is 0. The summed E-state index contributed by atoms with van der Waals surface area (Å²) in [6.07, 6.45) is 2.15. The predicted octanol–water partition coefficient (Wildman–Crippen LogP) is 4.99. The Morgan fingerprint density at radius 2 is 2.00 bits per heavy atom. The van der Waals surface area contributed by atoms with E-state index in [9.17, 15) is 8.78 Å². The van der Waals surface area contributed by atoms with Crippen LogP contribution in [0.4, 0.5) is 8.78 Å². The minimum atomic E-state index is -0.531. The highest BCUT2D eigenvalue weighted by Gasteiger charge is 2.31. The van der Waals surface area contributed by atoms with E-state index in [0.717, 1.165) is 35.7 Å². The number of allylic oxidation sites excluding steroid dienone is 1. The Labute approximate surface area is 111 Å². The van der Waals surface area contributed by atoms with Crippen LogP contribution in [-0.4, -0.2) is 4.98 Å². The largest absolute Gasteiger partial charge is 0.352 e. The van der Waals surface area contributed by atoms with Crippen LogP contribution < -0.4 is 0 Å². The van der Waals surface area contributed by atoms with Gasteiger partial charge in [0, 0.05) is 17.1 Å². The normalized spacial score (nSPS) is 22.5. The fourth-order valence-electron chi connectivity index (χ4n) is 3.14. The van der Waals surface area contributed by atoms with Gasteiger partial charge in [0.2, 0.25) is 0 Å². The average molecular weight is 261 g/mol. The molecule has 1 aliphatic carbocycles. The van der Waals surface area contributed by atoms with E-state index in [4.69, 9.17) is 0 Å². The van der Waals surface area contributed by atoms with Crippen molar-refractivity contribution in [2.45, 2.75) is 32.6 Å². The molecule has 19 heavy (non-hydrogen) atoms. The molecule has 0 radical (unpaired) electrons. The van der Waals surface area contributed by atoms with Gasteiger partial charge < -0.3 is 4.98 Å². The molecule has 0 aliphatic heterocycles. The monoisotopic (exact) mass is 261 g/mol. The number of rotatable bonds is 2. The van der Waals surface area contributed by atoms with E-state index in [0.29, 0.717) is 22.7 Å². The first kappa shape index (κ1) is 12.4. The quantitative estimate of drug-likeness (QED) is 0.783. The summed E-state index contributed by atoms with van der Waals surface area (Å²) in [5.41, 5.74) is 3.18. The zero-order chi connectivity index (χ0) is 13.7. The van der Waals surface area contributed by atoms with Crippen LogP contribution in [0.15, 0.2) is 18.7 Å². The Morgan fingerprint density at radius 1 is 1.32 bits per heavy atom. The van der Waals surface area contributed by atoms with Crippen molar-refractivity contribution in [2.24, 2.45) is 5.92 Å². The van der Waals surface area contributed by atoms with Gasteiger partial charge in [0.25, 0.3) is 0 Å². The molecule has 100 valence electrons. The van der Waals surface area contributed by atoms with Crippen LogP contribution in [0.2, 0.25) is 0 Å². The highest BCUT2D eigenvalue weighted by Crippen LogP contribution is 2.46. The number of benzene rings is 1. The third-order valence-corrected chi connectivity index (χ3v) is 4.07. The maximum atomic E-state index is 13.9. The van der Waals surface area contributed by atoms with E-state index in [1.807, 2.05) is 6.92 Å². The lowest BCUT2D eigenvalue weighted by Crippen LogP contribution is -2.19. The first-order valence-electron chi connectivity index (χ1n) is 6.64. The maximum Gasteiger partial charge on any atom is 0.150 e. The summed E-state index contributed by atoms with van der Waals surface area (Å²) in [5.74, 6) is 0.0185. The molecule has 0 unspecified atom stereocenters. The molecule has 3 heteroatoms. The SMILES string of the molecule is C=C(C)c1[nH]c2c(F)cc(F)cc2c1C1CC(C)C1. The number of fused-ring (bicyclic) bond motifs is 1. The summed E-state index contributed by atoms with van der Waals surface area (Å²) in [6, 6.07) is 2.36. The van der Waals surface area contributed by atoms with Gasteiger partial charge in [-0.25, -0.2) is 8.78 Å². The standard InChI is InChI=1S/C16H17F2N/c1-8(2)15-14(10-4-9(3)5-10)12-6-11(17)7-13(18)16(12)19-15/h6-7,9-10,19H,1,4-5H2,2-3H3. The summed E-state index contributed by atoms with van der Waals surface area (Å²) in [5, 5.41) is 0.674. The number of halogens is 2. The number of hydrogen-bond donors (Lipinski definition) is 1. The van der Waals surface area contributed by atoms with E-state index in [1.54, 1.807) is 0 Å². The second kappa shape index (κ2) is 4.19. The van der Waals surface area contributed by atoms with Gasteiger partial charge in [-0.15, -0.1) is 0 Å². The third kappa shape index (κ3) is 1.88. The Balaban J connectivity index is 2.26. The molecule has 0 atom stereocenters. The molecule has 0 saturated heterocycles. The van der Waals surface area contributed by atoms with E-state index in [1.165, 1.54) is 6.07 Å². The first-order valence-corrected chi connectivity index (χ1v) is 6.64. The molecule has 1 saturated carbocycles. The maximum absolute atomic E-state index is 13.9. The molecule has 0 amide bonds. The van der Waals surface area contributed by atoms with Gasteiger partial charge in [0.1, 0.15) is 11.6 Å². The van der Waals surface area contributed by atoms with Crippen molar-refractivity contribution in [3.8, 4) is 0 Å². The zero-order valence-corrected chi connectivity index (χ0v) is 11.2.